The normalized spacial score (nSPS) is 10.4. The zero-order valence-corrected chi connectivity index (χ0v) is 14.8. The van der Waals surface area contributed by atoms with Crippen LogP contribution in [0.4, 0.5) is 16.2 Å². The Labute approximate surface area is 153 Å². The molecule has 0 heterocycles. The summed E-state index contributed by atoms with van der Waals surface area (Å²) < 4.78 is 0.646. The molecule has 0 N–H and O–H groups in total. The molecule has 3 aromatic rings. The van der Waals surface area contributed by atoms with Gasteiger partial charge in [0.25, 0.3) is 0 Å². The Morgan fingerprint density at radius 1 is 0.917 bits per heavy atom. The van der Waals surface area contributed by atoms with E-state index in [-0.39, 0.29) is 0 Å². The molecular formula is C19H12BrClNO2-. The van der Waals surface area contributed by atoms with Crippen LogP contribution in [0.3, 0.4) is 0 Å². The van der Waals surface area contributed by atoms with Crippen molar-refractivity contribution in [3.05, 3.63) is 82.3 Å². The topological polar surface area (TPSA) is 43.4 Å². The largest absolute Gasteiger partial charge is 0.529 e. The van der Waals surface area contributed by atoms with Crippen molar-refractivity contribution in [3.63, 3.8) is 0 Å². The number of amides is 1. The van der Waals surface area contributed by atoms with E-state index >= 15 is 0 Å². The summed E-state index contributed by atoms with van der Waals surface area (Å²) in [5.41, 5.74) is 2.93. The predicted molar refractivity (Wildman–Crippen MR) is 98.6 cm³/mol. The molecule has 0 aliphatic rings. The van der Waals surface area contributed by atoms with Crippen molar-refractivity contribution in [2.45, 2.75) is 0 Å². The minimum Gasteiger partial charge on any atom is -0.529 e. The number of carbonyl (C=O) groups is 1. The zero-order valence-electron chi connectivity index (χ0n) is 12.4. The highest BCUT2D eigenvalue weighted by Crippen LogP contribution is 2.35. The number of nitrogens with zero attached hydrogens (tertiary/aromatic N) is 1. The van der Waals surface area contributed by atoms with Crippen LogP contribution < -0.4 is 10.0 Å². The Kier molecular flexibility index (Phi) is 4.88. The van der Waals surface area contributed by atoms with Crippen LogP contribution >= 0.6 is 27.5 Å². The number of carbonyl (C=O) groups excluding carboxylic acids is 1. The average Bonchev–Trinajstić information content (AvgIpc) is 2.57. The first-order valence-electron chi connectivity index (χ1n) is 7.18. The molecule has 0 atom stereocenters. The van der Waals surface area contributed by atoms with Crippen LogP contribution in [-0.2, 0) is 0 Å². The maximum Gasteiger partial charge on any atom is 0.146 e. The third-order valence-corrected chi connectivity index (χ3v) is 4.41. The fourth-order valence-corrected chi connectivity index (χ4v) is 3.20. The van der Waals surface area contributed by atoms with Crippen molar-refractivity contribution in [2.24, 2.45) is 0 Å². The molecule has 3 nitrogen and oxygen atoms in total. The molecule has 5 heteroatoms. The van der Waals surface area contributed by atoms with E-state index in [1.54, 1.807) is 30.3 Å². The van der Waals surface area contributed by atoms with Gasteiger partial charge in [-0.1, -0.05) is 54.1 Å². The lowest BCUT2D eigenvalue weighted by Crippen LogP contribution is -2.38. The van der Waals surface area contributed by atoms with Crippen molar-refractivity contribution in [2.75, 3.05) is 4.90 Å². The minimum atomic E-state index is -1.33. The predicted octanol–water partition coefficient (Wildman–Crippen LogP) is 5.25. The van der Waals surface area contributed by atoms with Crippen molar-refractivity contribution in [1.82, 2.24) is 0 Å². The fourth-order valence-electron chi connectivity index (χ4n) is 2.46. The molecule has 0 spiro atoms. The maximum absolute atomic E-state index is 11.7. The highest BCUT2D eigenvalue weighted by Gasteiger charge is 2.15. The number of carboxylic acid groups (broad SMARTS) is 1. The van der Waals surface area contributed by atoms with Crippen LogP contribution in [0.1, 0.15) is 0 Å². The van der Waals surface area contributed by atoms with Gasteiger partial charge in [-0.2, -0.15) is 0 Å². The summed E-state index contributed by atoms with van der Waals surface area (Å²) in [6.45, 7) is 0. The van der Waals surface area contributed by atoms with Gasteiger partial charge in [-0.05, 0) is 57.4 Å². The monoisotopic (exact) mass is 400 g/mol. The van der Waals surface area contributed by atoms with Gasteiger partial charge in [-0.25, -0.2) is 0 Å². The molecule has 120 valence electrons. The van der Waals surface area contributed by atoms with Crippen molar-refractivity contribution < 1.29 is 9.90 Å². The van der Waals surface area contributed by atoms with E-state index in [1.807, 2.05) is 42.5 Å². The Morgan fingerprint density at radius 2 is 1.67 bits per heavy atom. The number of hydrogen-bond donors (Lipinski definition) is 0. The molecule has 0 aromatic heterocycles. The number of anilines is 2. The van der Waals surface area contributed by atoms with Crippen LogP contribution in [0, 0.1) is 0 Å². The van der Waals surface area contributed by atoms with Crippen LogP contribution in [0.5, 0.6) is 0 Å². The average molecular weight is 402 g/mol. The first-order valence-corrected chi connectivity index (χ1v) is 8.35. The lowest BCUT2D eigenvalue weighted by atomic mass is 10.1. The molecule has 24 heavy (non-hydrogen) atoms. The number of rotatable bonds is 3. The lowest BCUT2D eigenvalue weighted by molar-refractivity contribution is -0.245. The van der Waals surface area contributed by atoms with Gasteiger partial charge in [0, 0.05) is 15.2 Å². The molecule has 0 saturated carbocycles. The number of benzene rings is 3. The van der Waals surface area contributed by atoms with E-state index in [9.17, 15) is 9.90 Å². The Balaban J connectivity index is 2.05. The molecular weight excluding hydrogens is 390 g/mol. The molecule has 0 aliphatic heterocycles. The molecule has 3 aromatic carbocycles. The van der Waals surface area contributed by atoms with Crippen molar-refractivity contribution in [3.8, 4) is 11.1 Å². The molecule has 3 rings (SSSR count). The van der Waals surface area contributed by atoms with Gasteiger partial charge < -0.3 is 9.90 Å². The number of hydrogen-bond acceptors (Lipinski definition) is 2. The van der Waals surface area contributed by atoms with E-state index in [0.29, 0.717) is 20.9 Å². The van der Waals surface area contributed by atoms with Gasteiger partial charge in [-0.15, -0.1) is 0 Å². The SMILES string of the molecule is O=C([O-])N(c1cccc(Cl)c1)c1ccc(-c2ccccc2)cc1Br. The molecule has 0 fully saturated rings. The van der Waals surface area contributed by atoms with Gasteiger partial charge in [-0.3, -0.25) is 4.90 Å². The molecule has 0 saturated heterocycles. The van der Waals surface area contributed by atoms with Crippen LogP contribution in [0.15, 0.2) is 77.3 Å². The van der Waals surface area contributed by atoms with E-state index in [0.717, 1.165) is 16.0 Å². The standard InChI is InChI=1S/C19H13BrClNO2/c20-17-11-14(13-5-2-1-3-6-13)9-10-18(17)22(19(23)24)16-8-4-7-15(21)12-16/h1-12H,(H,23,24)/p-1. The molecule has 1 amide bonds. The van der Waals surface area contributed by atoms with Gasteiger partial charge in [0.05, 0.1) is 5.69 Å². The van der Waals surface area contributed by atoms with Gasteiger partial charge in [0.1, 0.15) is 6.09 Å². The van der Waals surface area contributed by atoms with Crippen molar-refractivity contribution >= 4 is 45.0 Å². The summed E-state index contributed by atoms with van der Waals surface area (Å²) in [6, 6.07) is 22.0. The summed E-state index contributed by atoms with van der Waals surface area (Å²) in [4.78, 5) is 12.8. The second kappa shape index (κ2) is 7.07. The van der Waals surface area contributed by atoms with Gasteiger partial charge in [0.2, 0.25) is 0 Å². The van der Waals surface area contributed by atoms with Crippen molar-refractivity contribution in [1.29, 1.82) is 0 Å². The summed E-state index contributed by atoms with van der Waals surface area (Å²) in [6.07, 6.45) is -1.33. The quantitative estimate of drug-likeness (QED) is 0.601. The highest BCUT2D eigenvalue weighted by molar-refractivity contribution is 9.10. The molecule has 0 radical (unpaired) electrons. The highest BCUT2D eigenvalue weighted by atomic mass is 79.9. The smallest absolute Gasteiger partial charge is 0.146 e. The first kappa shape index (κ1) is 16.6. The van der Waals surface area contributed by atoms with E-state index < -0.39 is 6.09 Å². The van der Waals surface area contributed by atoms with E-state index in [2.05, 4.69) is 15.9 Å². The van der Waals surface area contributed by atoms with E-state index in [1.165, 1.54) is 0 Å². The molecule has 0 unspecified atom stereocenters. The van der Waals surface area contributed by atoms with E-state index in [4.69, 9.17) is 11.6 Å². The summed E-state index contributed by atoms with van der Waals surface area (Å²) >= 11 is 9.44. The van der Waals surface area contributed by atoms with Crippen LogP contribution in [0.25, 0.3) is 11.1 Å². The molecule has 0 aliphatic carbocycles. The van der Waals surface area contributed by atoms with Crippen LogP contribution in [0.2, 0.25) is 5.02 Å². The summed E-state index contributed by atoms with van der Waals surface area (Å²) in [5.74, 6) is 0. The summed E-state index contributed by atoms with van der Waals surface area (Å²) in [7, 11) is 0. The van der Waals surface area contributed by atoms with Gasteiger partial charge in [0.15, 0.2) is 0 Å². The second-order valence-corrected chi connectivity index (χ2v) is 6.40. The Hall–Kier alpha value is -2.30. The Bertz CT molecular complexity index is 884. The second-order valence-electron chi connectivity index (χ2n) is 5.11. The summed E-state index contributed by atoms with van der Waals surface area (Å²) in [5, 5.41) is 12.1. The maximum atomic E-state index is 11.7. The fraction of sp³-hybridized carbons (Fsp3) is 0. The Morgan fingerprint density at radius 3 is 2.29 bits per heavy atom. The third kappa shape index (κ3) is 3.45. The third-order valence-electron chi connectivity index (χ3n) is 3.54. The minimum absolute atomic E-state index is 0.427. The van der Waals surface area contributed by atoms with Gasteiger partial charge >= 0.3 is 0 Å². The lowest BCUT2D eigenvalue weighted by Gasteiger charge is -2.26. The molecule has 0 bridgehead atoms. The number of halogens is 2. The van der Waals surface area contributed by atoms with Crippen LogP contribution in [-0.4, -0.2) is 6.09 Å². The zero-order chi connectivity index (χ0) is 17.1. The first-order chi connectivity index (χ1) is 11.6.